The Hall–Kier alpha value is -1.06. The molecule has 1 fully saturated rings. The second-order valence-electron chi connectivity index (χ2n) is 4.86. The molecule has 3 rings (SSSR count). The molecule has 3 nitrogen and oxygen atoms in total. The highest BCUT2D eigenvalue weighted by Gasteiger charge is 2.49. The number of carbonyl (C=O) groups excluding carboxylic acids is 1. The quantitative estimate of drug-likeness (QED) is 0.763. The van der Waals surface area contributed by atoms with Gasteiger partial charge < -0.3 is 10.2 Å². The van der Waals surface area contributed by atoms with Gasteiger partial charge in [0.25, 0.3) is 0 Å². The normalized spacial score (nSPS) is 22.0. The Morgan fingerprint density at radius 1 is 1.35 bits per heavy atom. The van der Waals surface area contributed by atoms with Crippen LogP contribution in [0.5, 0.6) is 0 Å². The summed E-state index contributed by atoms with van der Waals surface area (Å²) in [7, 11) is 1.84. The van der Waals surface area contributed by atoms with Gasteiger partial charge in [-0.25, -0.2) is 0 Å². The van der Waals surface area contributed by atoms with Crippen LogP contribution >= 0.6 is 11.6 Å². The fourth-order valence-corrected chi connectivity index (χ4v) is 3.24. The van der Waals surface area contributed by atoms with Crippen LogP contribution < -0.4 is 10.2 Å². The summed E-state index contributed by atoms with van der Waals surface area (Å²) in [4.78, 5) is 14.3. The van der Waals surface area contributed by atoms with Crippen molar-refractivity contribution in [3.05, 3.63) is 28.8 Å². The molecule has 1 amide bonds. The van der Waals surface area contributed by atoms with Gasteiger partial charge in [-0.15, -0.1) is 0 Å². The van der Waals surface area contributed by atoms with Gasteiger partial charge in [-0.1, -0.05) is 17.7 Å². The van der Waals surface area contributed by atoms with Crippen LogP contribution in [0.25, 0.3) is 0 Å². The molecule has 17 heavy (non-hydrogen) atoms. The average Bonchev–Trinajstić information content (AvgIpc) is 2.54. The molecule has 4 heteroatoms. The van der Waals surface area contributed by atoms with Crippen LogP contribution in [0.3, 0.4) is 0 Å². The number of amides is 1. The van der Waals surface area contributed by atoms with E-state index in [0.717, 1.165) is 37.2 Å². The summed E-state index contributed by atoms with van der Waals surface area (Å²) in [5.74, 6) is 0.219. The second-order valence-corrected chi connectivity index (χ2v) is 5.29. The van der Waals surface area contributed by atoms with Gasteiger partial charge in [0.05, 0.1) is 5.41 Å². The lowest BCUT2D eigenvalue weighted by atomic mass is 9.74. The zero-order chi connectivity index (χ0) is 12.0. The fourth-order valence-electron chi connectivity index (χ4n) is 3.07. The summed E-state index contributed by atoms with van der Waals surface area (Å²) >= 11 is 6.01. The second kappa shape index (κ2) is 3.72. The van der Waals surface area contributed by atoms with Crippen molar-refractivity contribution in [1.29, 1.82) is 0 Å². The van der Waals surface area contributed by atoms with Gasteiger partial charge in [-0.2, -0.15) is 0 Å². The number of likely N-dealkylation sites (N-methyl/N-ethyl adjacent to an activating group) is 1. The summed E-state index contributed by atoms with van der Waals surface area (Å²) in [6.07, 6.45) is 1.76. The fraction of sp³-hybridized carbons (Fsp3) is 0.462. The van der Waals surface area contributed by atoms with E-state index in [1.807, 2.05) is 25.2 Å². The van der Waals surface area contributed by atoms with Crippen molar-refractivity contribution in [1.82, 2.24) is 5.32 Å². The summed E-state index contributed by atoms with van der Waals surface area (Å²) in [5.41, 5.74) is 1.82. The van der Waals surface area contributed by atoms with E-state index >= 15 is 0 Å². The number of fused-ring (bicyclic) bond motifs is 2. The Balaban J connectivity index is 2.16. The first-order chi connectivity index (χ1) is 8.15. The molecule has 1 spiro atoms. The highest BCUT2D eigenvalue weighted by atomic mass is 35.5. The number of benzene rings is 1. The van der Waals surface area contributed by atoms with Gasteiger partial charge in [0, 0.05) is 17.8 Å². The molecule has 1 aromatic rings. The minimum absolute atomic E-state index is 0.219. The molecule has 1 N–H and O–H groups in total. The number of rotatable bonds is 0. The Morgan fingerprint density at radius 3 is 2.76 bits per heavy atom. The average molecular weight is 251 g/mol. The third-order valence-electron chi connectivity index (χ3n) is 4.01. The van der Waals surface area contributed by atoms with Crippen LogP contribution in [0.4, 0.5) is 5.69 Å². The molecule has 1 saturated heterocycles. The lowest BCUT2D eigenvalue weighted by Crippen LogP contribution is -2.46. The zero-order valence-electron chi connectivity index (χ0n) is 9.79. The van der Waals surface area contributed by atoms with E-state index in [9.17, 15) is 4.79 Å². The van der Waals surface area contributed by atoms with Crippen molar-refractivity contribution in [2.75, 3.05) is 25.0 Å². The van der Waals surface area contributed by atoms with E-state index < -0.39 is 0 Å². The molecule has 90 valence electrons. The highest BCUT2D eigenvalue weighted by Crippen LogP contribution is 2.47. The number of hydrogen-bond donors (Lipinski definition) is 1. The number of anilines is 1. The van der Waals surface area contributed by atoms with Crippen molar-refractivity contribution in [3.63, 3.8) is 0 Å². The van der Waals surface area contributed by atoms with E-state index in [1.165, 1.54) is 0 Å². The largest absolute Gasteiger partial charge is 0.317 e. The SMILES string of the molecule is CN1C(=O)C2(CCNCC2)c2ccc(Cl)cc21. The first-order valence-corrected chi connectivity index (χ1v) is 6.32. The first kappa shape index (κ1) is 11.1. The molecule has 0 aromatic heterocycles. The first-order valence-electron chi connectivity index (χ1n) is 5.94. The molecule has 0 radical (unpaired) electrons. The van der Waals surface area contributed by atoms with Crippen LogP contribution in [0.1, 0.15) is 18.4 Å². The van der Waals surface area contributed by atoms with Crippen LogP contribution in [-0.2, 0) is 10.2 Å². The molecule has 2 heterocycles. The number of hydrogen-bond acceptors (Lipinski definition) is 2. The lowest BCUT2D eigenvalue weighted by Gasteiger charge is -2.32. The summed E-state index contributed by atoms with van der Waals surface area (Å²) < 4.78 is 0. The molecule has 2 aliphatic heterocycles. The van der Waals surface area contributed by atoms with E-state index in [2.05, 4.69) is 5.32 Å². The number of nitrogens with zero attached hydrogens (tertiary/aromatic N) is 1. The van der Waals surface area contributed by atoms with Crippen molar-refractivity contribution in [2.24, 2.45) is 0 Å². The number of nitrogens with one attached hydrogen (secondary N) is 1. The predicted octanol–water partition coefficient (Wildman–Crippen LogP) is 1.94. The van der Waals surface area contributed by atoms with Gasteiger partial charge in [0.1, 0.15) is 0 Å². The molecule has 1 aromatic carbocycles. The van der Waals surface area contributed by atoms with E-state index in [1.54, 1.807) is 4.90 Å². The van der Waals surface area contributed by atoms with E-state index in [-0.39, 0.29) is 11.3 Å². The summed E-state index contributed by atoms with van der Waals surface area (Å²) in [6.45, 7) is 1.81. The predicted molar refractivity (Wildman–Crippen MR) is 68.6 cm³/mol. The van der Waals surface area contributed by atoms with Gasteiger partial charge in [0.2, 0.25) is 5.91 Å². The summed E-state index contributed by atoms with van der Waals surface area (Å²) in [5, 5.41) is 4.01. The van der Waals surface area contributed by atoms with Gasteiger partial charge in [-0.05, 0) is 43.6 Å². The minimum atomic E-state index is -0.306. The molecular weight excluding hydrogens is 236 g/mol. The molecule has 0 atom stereocenters. The molecule has 0 bridgehead atoms. The van der Waals surface area contributed by atoms with Crippen molar-refractivity contribution >= 4 is 23.2 Å². The van der Waals surface area contributed by atoms with Crippen LogP contribution in [-0.4, -0.2) is 26.0 Å². The number of piperidine rings is 1. The van der Waals surface area contributed by atoms with Gasteiger partial charge >= 0.3 is 0 Å². The topological polar surface area (TPSA) is 32.3 Å². The molecular formula is C13H15ClN2O. The third-order valence-corrected chi connectivity index (χ3v) is 4.24. The maximum absolute atomic E-state index is 12.5. The van der Waals surface area contributed by atoms with E-state index in [0.29, 0.717) is 5.02 Å². The molecule has 2 aliphatic rings. The van der Waals surface area contributed by atoms with Crippen LogP contribution in [0.2, 0.25) is 5.02 Å². The molecule has 0 aliphatic carbocycles. The van der Waals surface area contributed by atoms with Gasteiger partial charge in [-0.3, -0.25) is 4.79 Å². The Labute approximate surface area is 106 Å². The molecule has 0 unspecified atom stereocenters. The van der Waals surface area contributed by atoms with E-state index in [4.69, 9.17) is 11.6 Å². The van der Waals surface area contributed by atoms with Gasteiger partial charge in [0.15, 0.2) is 0 Å². The summed E-state index contributed by atoms with van der Waals surface area (Å²) in [6, 6.07) is 5.80. The number of halogens is 1. The maximum atomic E-state index is 12.5. The standard InChI is InChI=1S/C13H15ClN2O/c1-16-11-8-9(14)2-3-10(11)13(12(16)17)4-6-15-7-5-13/h2-3,8,15H,4-7H2,1H3. The maximum Gasteiger partial charge on any atom is 0.237 e. The molecule has 0 saturated carbocycles. The smallest absolute Gasteiger partial charge is 0.237 e. The van der Waals surface area contributed by atoms with Crippen molar-refractivity contribution < 1.29 is 4.79 Å². The minimum Gasteiger partial charge on any atom is -0.317 e. The number of carbonyl (C=O) groups is 1. The monoisotopic (exact) mass is 250 g/mol. The van der Waals surface area contributed by atoms with Crippen molar-refractivity contribution in [3.8, 4) is 0 Å². The van der Waals surface area contributed by atoms with Crippen LogP contribution in [0.15, 0.2) is 18.2 Å². The van der Waals surface area contributed by atoms with Crippen molar-refractivity contribution in [2.45, 2.75) is 18.3 Å². The lowest BCUT2D eigenvalue weighted by molar-refractivity contribution is -0.123. The third kappa shape index (κ3) is 1.42. The Morgan fingerprint density at radius 2 is 2.06 bits per heavy atom. The highest BCUT2D eigenvalue weighted by molar-refractivity contribution is 6.31. The Kier molecular flexibility index (Phi) is 2.42. The van der Waals surface area contributed by atoms with Crippen LogP contribution in [0, 0.1) is 0 Å². The zero-order valence-corrected chi connectivity index (χ0v) is 10.5. The Bertz CT molecular complexity index is 480.